The van der Waals surface area contributed by atoms with Gasteiger partial charge in [-0.2, -0.15) is 0 Å². The molecule has 4 heteroatoms. The van der Waals surface area contributed by atoms with E-state index >= 15 is 0 Å². The van der Waals surface area contributed by atoms with Gasteiger partial charge in [-0.05, 0) is 50.7 Å². The second-order valence-electron chi connectivity index (χ2n) is 5.54. The van der Waals surface area contributed by atoms with Gasteiger partial charge in [-0.25, -0.2) is 0 Å². The number of ether oxygens (including phenoxy) is 1. The molecule has 3 rings (SSSR count). The van der Waals surface area contributed by atoms with Gasteiger partial charge >= 0.3 is 0 Å². The molecule has 114 valence electrons. The monoisotopic (exact) mass is 296 g/mol. The Kier molecular flexibility index (Phi) is 4.39. The molecule has 1 aliphatic rings. The van der Waals surface area contributed by atoms with Crippen molar-refractivity contribution in [2.24, 2.45) is 0 Å². The Labute approximate surface area is 130 Å². The maximum absolute atomic E-state index is 12.4. The van der Waals surface area contributed by atoms with Gasteiger partial charge in [-0.1, -0.05) is 30.3 Å². The van der Waals surface area contributed by atoms with Crippen molar-refractivity contribution in [2.75, 3.05) is 18.9 Å². The summed E-state index contributed by atoms with van der Waals surface area (Å²) in [7, 11) is 1.99. The summed E-state index contributed by atoms with van der Waals surface area (Å²) in [4.78, 5) is 14.5. The Morgan fingerprint density at radius 1 is 1.14 bits per heavy atom. The molecule has 0 spiro atoms. The number of likely N-dealkylation sites (tertiary alicyclic amines) is 1. The molecular formula is C18H20N2O2. The average molecular weight is 296 g/mol. The number of carbonyl (C=O) groups is 1. The van der Waals surface area contributed by atoms with Crippen LogP contribution in [0.1, 0.15) is 12.8 Å². The summed E-state index contributed by atoms with van der Waals surface area (Å²) in [5, 5.41) is 3.00. The highest BCUT2D eigenvalue weighted by atomic mass is 16.5. The molecule has 1 unspecified atom stereocenters. The van der Waals surface area contributed by atoms with Crippen LogP contribution in [-0.2, 0) is 4.79 Å². The smallest absolute Gasteiger partial charge is 0.241 e. The first-order valence-corrected chi connectivity index (χ1v) is 7.57. The van der Waals surface area contributed by atoms with Crippen molar-refractivity contribution < 1.29 is 9.53 Å². The third kappa shape index (κ3) is 3.28. The van der Waals surface area contributed by atoms with Crippen LogP contribution in [0.3, 0.4) is 0 Å². The maximum Gasteiger partial charge on any atom is 0.241 e. The summed E-state index contributed by atoms with van der Waals surface area (Å²) in [6, 6.07) is 17.0. The number of likely N-dealkylation sites (N-methyl/N-ethyl adjacent to an activating group) is 1. The van der Waals surface area contributed by atoms with E-state index in [4.69, 9.17) is 4.74 Å². The number of benzene rings is 2. The second kappa shape index (κ2) is 6.62. The van der Waals surface area contributed by atoms with Crippen LogP contribution >= 0.6 is 0 Å². The Morgan fingerprint density at radius 3 is 2.59 bits per heavy atom. The summed E-state index contributed by atoms with van der Waals surface area (Å²) in [5.74, 6) is 1.44. The van der Waals surface area contributed by atoms with Gasteiger partial charge in [0.25, 0.3) is 0 Å². The van der Waals surface area contributed by atoms with Gasteiger partial charge in [0.2, 0.25) is 5.91 Å². The number of nitrogens with zero attached hydrogens (tertiary/aromatic N) is 1. The van der Waals surface area contributed by atoms with E-state index in [1.54, 1.807) is 0 Å². The molecule has 1 heterocycles. The van der Waals surface area contributed by atoms with Gasteiger partial charge < -0.3 is 10.1 Å². The first-order valence-electron chi connectivity index (χ1n) is 7.57. The molecule has 0 bridgehead atoms. The summed E-state index contributed by atoms with van der Waals surface area (Å²) in [6.45, 7) is 0.972. The van der Waals surface area contributed by atoms with Gasteiger partial charge in [-0.3, -0.25) is 9.69 Å². The van der Waals surface area contributed by atoms with Crippen LogP contribution in [0.4, 0.5) is 5.69 Å². The van der Waals surface area contributed by atoms with Crippen LogP contribution in [0.25, 0.3) is 0 Å². The molecule has 2 aromatic rings. The second-order valence-corrected chi connectivity index (χ2v) is 5.54. The molecular weight excluding hydrogens is 276 g/mol. The molecule has 1 N–H and O–H groups in total. The van der Waals surface area contributed by atoms with Crippen LogP contribution in [-0.4, -0.2) is 30.4 Å². The van der Waals surface area contributed by atoms with Crippen LogP contribution in [0, 0.1) is 0 Å². The van der Waals surface area contributed by atoms with E-state index in [0.29, 0.717) is 11.4 Å². The molecule has 0 aliphatic carbocycles. The van der Waals surface area contributed by atoms with Crippen molar-refractivity contribution in [1.29, 1.82) is 0 Å². The van der Waals surface area contributed by atoms with Crippen molar-refractivity contribution in [1.82, 2.24) is 4.90 Å². The summed E-state index contributed by atoms with van der Waals surface area (Å²) in [5.41, 5.74) is 0.705. The summed E-state index contributed by atoms with van der Waals surface area (Å²) >= 11 is 0. The van der Waals surface area contributed by atoms with Crippen LogP contribution in [0.15, 0.2) is 54.6 Å². The van der Waals surface area contributed by atoms with E-state index in [9.17, 15) is 4.79 Å². The van der Waals surface area contributed by atoms with Crippen molar-refractivity contribution in [3.63, 3.8) is 0 Å². The molecule has 0 aromatic heterocycles. The fourth-order valence-electron chi connectivity index (χ4n) is 2.73. The van der Waals surface area contributed by atoms with Crippen LogP contribution < -0.4 is 10.1 Å². The van der Waals surface area contributed by atoms with Gasteiger partial charge in [0.1, 0.15) is 5.75 Å². The van der Waals surface area contributed by atoms with E-state index in [0.717, 1.165) is 25.1 Å². The Bertz CT molecular complexity index is 643. The van der Waals surface area contributed by atoms with E-state index in [2.05, 4.69) is 10.2 Å². The number of carbonyl (C=O) groups excluding carboxylic acids is 1. The molecule has 1 fully saturated rings. The lowest BCUT2D eigenvalue weighted by atomic mass is 10.2. The number of hydrogen-bond acceptors (Lipinski definition) is 3. The van der Waals surface area contributed by atoms with Crippen LogP contribution in [0.5, 0.6) is 11.5 Å². The lowest BCUT2D eigenvalue weighted by Gasteiger charge is -2.19. The number of anilines is 1. The number of amides is 1. The highest BCUT2D eigenvalue weighted by molar-refractivity contribution is 5.96. The van der Waals surface area contributed by atoms with Crippen molar-refractivity contribution >= 4 is 11.6 Å². The van der Waals surface area contributed by atoms with E-state index < -0.39 is 0 Å². The molecule has 1 atom stereocenters. The lowest BCUT2D eigenvalue weighted by molar-refractivity contribution is -0.119. The predicted molar refractivity (Wildman–Crippen MR) is 87.2 cm³/mol. The first-order chi connectivity index (χ1) is 10.7. The Morgan fingerprint density at radius 2 is 1.86 bits per heavy atom. The highest BCUT2D eigenvalue weighted by Gasteiger charge is 2.28. The third-order valence-electron chi connectivity index (χ3n) is 3.94. The SMILES string of the molecule is CN1CCCC1C(=O)Nc1ccccc1Oc1ccccc1. The van der Waals surface area contributed by atoms with Crippen molar-refractivity contribution in [3.8, 4) is 11.5 Å². The largest absolute Gasteiger partial charge is 0.455 e. The van der Waals surface area contributed by atoms with E-state index in [-0.39, 0.29) is 11.9 Å². The zero-order chi connectivity index (χ0) is 15.4. The van der Waals surface area contributed by atoms with E-state index in [1.165, 1.54) is 0 Å². The average Bonchev–Trinajstić information content (AvgIpc) is 2.96. The molecule has 1 aliphatic heterocycles. The molecule has 1 saturated heterocycles. The van der Waals surface area contributed by atoms with Gasteiger partial charge in [0.15, 0.2) is 5.75 Å². The summed E-state index contributed by atoms with van der Waals surface area (Å²) < 4.78 is 5.87. The third-order valence-corrected chi connectivity index (χ3v) is 3.94. The Balaban J connectivity index is 1.75. The number of nitrogens with one attached hydrogen (secondary N) is 1. The Hall–Kier alpha value is -2.33. The van der Waals surface area contributed by atoms with E-state index in [1.807, 2.05) is 61.6 Å². The highest BCUT2D eigenvalue weighted by Crippen LogP contribution is 2.29. The minimum Gasteiger partial charge on any atom is -0.455 e. The fraction of sp³-hybridized carbons (Fsp3) is 0.278. The zero-order valence-electron chi connectivity index (χ0n) is 12.7. The number of para-hydroxylation sites is 3. The minimum absolute atomic E-state index is 0.0316. The molecule has 0 saturated carbocycles. The first kappa shape index (κ1) is 14.6. The van der Waals surface area contributed by atoms with Gasteiger partial charge in [-0.15, -0.1) is 0 Å². The zero-order valence-corrected chi connectivity index (χ0v) is 12.7. The standard InChI is InChI=1S/C18H20N2O2/c1-20-13-7-11-16(20)18(21)19-15-10-5-6-12-17(15)22-14-8-3-2-4-9-14/h2-6,8-10,12,16H,7,11,13H2,1H3,(H,19,21). The van der Waals surface area contributed by atoms with Gasteiger partial charge in [0.05, 0.1) is 11.7 Å². The normalized spacial score (nSPS) is 18.1. The van der Waals surface area contributed by atoms with Crippen LogP contribution in [0.2, 0.25) is 0 Å². The lowest BCUT2D eigenvalue weighted by Crippen LogP contribution is -2.37. The quantitative estimate of drug-likeness (QED) is 0.938. The number of rotatable bonds is 4. The predicted octanol–water partition coefficient (Wildman–Crippen LogP) is 3.51. The molecule has 1 amide bonds. The molecule has 2 aromatic carbocycles. The van der Waals surface area contributed by atoms with Crippen molar-refractivity contribution in [2.45, 2.75) is 18.9 Å². The van der Waals surface area contributed by atoms with Gasteiger partial charge in [0, 0.05) is 0 Å². The topological polar surface area (TPSA) is 41.6 Å². The molecule has 22 heavy (non-hydrogen) atoms. The maximum atomic E-state index is 12.4. The molecule has 4 nitrogen and oxygen atoms in total. The summed E-state index contributed by atoms with van der Waals surface area (Å²) in [6.07, 6.45) is 1.97. The minimum atomic E-state index is -0.0511. The number of hydrogen-bond donors (Lipinski definition) is 1. The molecule has 0 radical (unpaired) electrons. The van der Waals surface area contributed by atoms with Crippen molar-refractivity contribution in [3.05, 3.63) is 54.6 Å². The fourth-order valence-corrected chi connectivity index (χ4v) is 2.73.